The molecule has 11 heavy (non-hydrogen) atoms. The molecule has 1 rings (SSSR count). The van der Waals surface area contributed by atoms with E-state index in [1.807, 2.05) is 20.8 Å². The van der Waals surface area contributed by atoms with Crippen LogP contribution in [0.2, 0.25) is 0 Å². The first kappa shape index (κ1) is 9.25. The van der Waals surface area contributed by atoms with Crippen molar-refractivity contribution in [2.45, 2.75) is 31.2 Å². The zero-order valence-electron chi connectivity index (χ0n) is 6.76. The van der Waals surface area contributed by atoms with Gasteiger partial charge in [0.2, 0.25) is 0 Å². The smallest absolute Gasteiger partial charge is 0.135 e. The van der Waals surface area contributed by atoms with Crippen LogP contribution in [-0.2, 0) is 0 Å². The molecule has 1 fully saturated rings. The summed E-state index contributed by atoms with van der Waals surface area (Å²) in [5, 5.41) is 11.9. The van der Waals surface area contributed by atoms with Crippen LogP contribution in [0, 0.1) is 0 Å². The monoisotopic (exact) mass is 192 g/mol. The van der Waals surface area contributed by atoms with E-state index >= 15 is 0 Å². The van der Waals surface area contributed by atoms with Crippen LogP contribution in [0.15, 0.2) is 0 Å². The van der Waals surface area contributed by atoms with Gasteiger partial charge < -0.3 is 10.5 Å². The van der Waals surface area contributed by atoms with Gasteiger partial charge in [-0.15, -0.1) is 0 Å². The summed E-state index contributed by atoms with van der Waals surface area (Å²) >= 11 is 6.54. The van der Waals surface area contributed by atoms with Crippen molar-refractivity contribution < 1.29 is 5.21 Å². The van der Waals surface area contributed by atoms with Crippen LogP contribution in [0.3, 0.4) is 0 Å². The molecule has 3 N–H and O–H groups in total. The van der Waals surface area contributed by atoms with Gasteiger partial charge in [-0.1, -0.05) is 24.0 Å². The Kier molecular flexibility index (Phi) is 2.17. The van der Waals surface area contributed by atoms with Crippen molar-refractivity contribution in [2.24, 2.45) is 0 Å². The third-order valence-corrected chi connectivity index (χ3v) is 3.69. The third-order valence-electron chi connectivity index (χ3n) is 2.13. The lowest BCUT2D eigenvalue weighted by Gasteiger charge is -2.34. The van der Waals surface area contributed by atoms with Gasteiger partial charge in [0, 0.05) is 0 Å². The van der Waals surface area contributed by atoms with E-state index in [1.54, 1.807) is 11.8 Å². The molecular weight excluding hydrogens is 180 g/mol. The highest BCUT2D eigenvalue weighted by Crippen LogP contribution is 2.40. The molecule has 0 bridgehead atoms. The molecule has 0 unspecified atom stereocenters. The van der Waals surface area contributed by atoms with Gasteiger partial charge in [-0.3, -0.25) is 0 Å². The van der Waals surface area contributed by atoms with Crippen LogP contribution in [0.25, 0.3) is 0 Å². The molecule has 64 valence electrons. The molecule has 1 aliphatic heterocycles. The minimum Gasteiger partial charge on any atom is -0.350 e. The molecule has 1 heterocycles. The van der Waals surface area contributed by atoms with Crippen molar-refractivity contribution in [1.82, 2.24) is 10.8 Å². The van der Waals surface area contributed by atoms with Crippen LogP contribution in [0.5, 0.6) is 0 Å². The standard InChI is InChI=1S/C6H12N2OS2/c1-5(2)6(3,8-9)7-4(10)11-5/h8-9H,1-3H3,(H,7,10)/t6-/m1/s1. The number of thiocarbonyl (C=S) groups is 1. The molecule has 5 heteroatoms. The maximum atomic E-state index is 8.89. The van der Waals surface area contributed by atoms with E-state index in [2.05, 4.69) is 10.8 Å². The Morgan fingerprint density at radius 2 is 2.09 bits per heavy atom. The quantitative estimate of drug-likeness (QED) is 0.428. The Morgan fingerprint density at radius 3 is 2.27 bits per heavy atom. The highest BCUT2D eigenvalue weighted by Gasteiger charge is 2.48. The topological polar surface area (TPSA) is 44.3 Å². The summed E-state index contributed by atoms with van der Waals surface area (Å²) in [6.07, 6.45) is 0. The summed E-state index contributed by atoms with van der Waals surface area (Å²) in [6, 6.07) is 0. The second kappa shape index (κ2) is 2.58. The van der Waals surface area contributed by atoms with Gasteiger partial charge in [0.25, 0.3) is 0 Å². The van der Waals surface area contributed by atoms with E-state index in [4.69, 9.17) is 17.4 Å². The first-order chi connectivity index (χ1) is 4.91. The largest absolute Gasteiger partial charge is 0.350 e. The normalized spacial score (nSPS) is 35.5. The first-order valence-corrected chi connectivity index (χ1v) is 4.56. The maximum Gasteiger partial charge on any atom is 0.135 e. The predicted molar refractivity (Wildman–Crippen MR) is 50.7 cm³/mol. The summed E-state index contributed by atoms with van der Waals surface area (Å²) in [6.45, 7) is 5.92. The summed E-state index contributed by atoms with van der Waals surface area (Å²) < 4.78 is 0.595. The first-order valence-electron chi connectivity index (χ1n) is 3.34. The van der Waals surface area contributed by atoms with Crippen molar-refractivity contribution in [3.63, 3.8) is 0 Å². The third kappa shape index (κ3) is 1.38. The molecular formula is C6H12N2OS2. The molecule has 1 saturated heterocycles. The molecule has 0 aromatic carbocycles. The van der Waals surface area contributed by atoms with Crippen molar-refractivity contribution in [2.75, 3.05) is 0 Å². The second-order valence-electron chi connectivity index (χ2n) is 3.26. The fourth-order valence-corrected chi connectivity index (χ4v) is 2.73. The predicted octanol–water partition coefficient (Wildman–Crippen LogP) is 1.08. The molecule has 0 aliphatic carbocycles. The minimum atomic E-state index is -0.519. The maximum absolute atomic E-state index is 8.89. The average Bonchev–Trinajstić information content (AvgIpc) is 2.03. The molecule has 0 amide bonds. The van der Waals surface area contributed by atoms with Crippen LogP contribution < -0.4 is 10.8 Å². The molecule has 0 radical (unpaired) electrons. The lowest BCUT2D eigenvalue weighted by molar-refractivity contribution is 0.0481. The zero-order chi connectivity index (χ0) is 8.70. The molecule has 0 saturated carbocycles. The van der Waals surface area contributed by atoms with Crippen molar-refractivity contribution in [3.8, 4) is 0 Å². The van der Waals surface area contributed by atoms with Gasteiger partial charge in [0.15, 0.2) is 0 Å². The van der Waals surface area contributed by atoms with E-state index < -0.39 is 5.66 Å². The average molecular weight is 192 g/mol. The highest BCUT2D eigenvalue weighted by atomic mass is 32.2. The van der Waals surface area contributed by atoms with Gasteiger partial charge in [0.05, 0.1) is 4.75 Å². The molecule has 0 spiro atoms. The lowest BCUT2D eigenvalue weighted by Crippen LogP contribution is -2.60. The van der Waals surface area contributed by atoms with Gasteiger partial charge in [-0.2, -0.15) is 5.48 Å². The van der Waals surface area contributed by atoms with E-state index in [-0.39, 0.29) is 4.75 Å². The van der Waals surface area contributed by atoms with Crippen molar-refractivity contribution in [1.29, 1.82) is 0 Å². The van der Waals surface area contributed by atoms with Gasteiger partial charge in [-0.05, 0) is 20.8 Å². The molecule has 1 atom stereocenters. The van der Waals surface area contributed by atoms with E-state index in [0.717, 1.165) is 4.32 Å². The second-order valence-corrected chi connectivity index (χ2v) is 5.56. The molecule has 0 aromatic rings. The number of rotatable bonds is 1. The summed E-state index contributed by atoms with van der Waals surface area (Å²) in [4.78, 5) is 0. The number of hydrogen-bond donors (Lipinski definition) is 3. The summed E-state index contributed by atoms with van der Waals surface area (Å²) in [5.41, 5.74) is 1.72. The zero-order valence-corrected chi connectivity index (χ0v) is 8.40. The van der Waals surface area contributed by atoms with Gasteiger partial charge >= 0.3 is 0 Å². The SMILES string of the molecule is CC1(C)SC(=S)N[C@]1(C)NO. The van der Waals surface area contributed by atoms with E-state index in [9.17, 15) is 0 Å². The number of nitrogens with one attached hydrogen (secondary N) is 2. The molecule has 3 nitrogen and oxygen atoms in total. The van der Waals surface area contributed by atoms with Gasteiger partial charge in [0.1, 0.15) is 9.98 Å². The minimum absolute atomic E-state index is 0.126. The van der Waals surface area contributed by atoms with E-state index in [0.29, 0.717) is 0 Å². The van der Waals surface area contributed by atoms with Crippen LogP contribution >= 0.6 is 24.0 Å². The Labute approximate surface area is 75.9 Å². The lowest BCUT2D eigenvalue weighted by atomic mass is 9.98. The number of thioether (sulfide) groups is 1. The molecule has 1 aliphatic rings. The van der Waals surface area contributed by atoms with Gasteiger partial charge in [-0.25, -0.2) is 0 Å². The molecule has 0 aromatic heterocycles. The number of hydrogen-bond acceptors (Lipinski definition) is 4. The van der Waals surface area contributed by atoms with E-state index in [1.165, 1.54) is 0 Å². The van der Waals surface area contributed by atoms with Crippen LogP contribution in [-0.4, -0.2) is 19.9 Å². The summed E-state index contributed by atoms with van der Waals surface area (Å²) in [5.74, 6) is 0. The highest BCUT2D eigenvalue weighted by molar-refractivity contribution is 8.24. The van der Waals surface area contributed by atoms with Crippen molar-refractivity contribution >= 4 is 28.3 Å². The number of hydroxylamine groups is 1. The fraction of sp³-hybridized carbons (Fsp3) is 0.833. The van der Waals surface area contributed by atoms with Crippen molar-refractivity contribution in [3.05, 3.63) is 0 Å². The summed E-state index contributed by atoms with van der Waals surface area (Å²) in [7, 11) is 0. The Morgan fingerprint density at radius 1 is 1.55 bits per heavy atom. The Balaban J connectivity index is 2.89. The fourth-order valence-electron chi connectivity index (χ4n) is 0.877. The van der Waals surface area contributed by atoms with Crippen LogP contribution in [0.1, 0.15) is 20.8 Å². The Hall–Kier alpha value is 0.160. The Bertz CT molecular complexity index is 195. The van der Waals surface area contributed by atoms with Crippen LogP contribution in [0.4, 0.5) is 0 Å².